The fourth-order valence-corrected chi connectivity index (χ4v) is 3.69. The first-order chi connectivity index (χ1) is 14.1. The first kappa shape index (κ1) is 20.7. The highest BCUT2D eigenvalue weighted by Gasteiger charge is 2.22. The van der Waals surface area contributed by atoms with Crippen LogP contribution in [0.2, 0.25) is 0 Å². The molecule has 0 aromatic heterocycles. The topological polar surface area (TPSA) is 94.4 Å². The van der Waals surface area contributed by atoms with Gasteiger partial charge in [-0.15, -0.1) is 0 Å². The minimum absolute atomic E-state index is 0.514. The van der Waals surface area contributed by atoms with Gasteiger partial charge in [-0.1, -0.05) is 18.9 Å². The molecule has 0 saturated heterocycles. The Bertz CT molecular complexity index is 868. The molecule has 0 radical (unpaired) electrons. The van der Waals surface area contributed by atoms with Gasteiger partial charge < -0.3 is 20.5 Å². The van der Waals surface area contributed by atoms with E-state index in [1.54, 1.807) is 30.3 Å². The van der Waals surface area contributed by atoms with Crippen LogP contribution in [-0.2, 0) is 11.3 Å². The number of nitrogens with zero attached hydrogens (tertiary/aromatic N) is 1. The lowest BCUT2D eigenvalue weighted by molar-refractivity contribution is -0.138. The Kier molecular flexibility index (Phi) is 7.09. The van der Waals surface area contributed by atoms with Crippen molar-refractivity contribution in [3.63, 3.8) is 0 Å². The quantitative estimate of drug-likeness (QED) is 0.590. The Morgan fingerprint density at radius 2 is 1.97 bits per heavy atom. The molecular weight excluding hydrogens is 366 g/mol. The third-order valence-electron chi connectivity index (χ3n) is 5.15. The number of carboxylic acid groups (broad SMARTS) is 1. The van der Waals surface area contributed by atoms with Gasteiger partial charge in [0.1, 0.15) is 5.75 Å². The van der Waals surface area contributed by atoms with Crippen molar-refractivity contribution < 1.29 is 14.6 Å². The fraction of sp³-hybridized carbons (Fsp3) is 0.391. The predicted octanol–water partition coefficient (Wildman–Crippen LogP) is 4.23. The van der Waals surface area contributed by atoms with Gasteiger partial charge in [0.25, 0.3) is 0 Å². The molecule has 2 aromatic carbocycles. The second kappa shape index (κ2) is 9.94. The van der Waals surface area contributed by atoms with E-state index in [9.17, 15) is 9.90 Å². The van der Waals surface area contributed by atoms with Crippen molar-refractivity contribution in [3.8, 4) is 11.8 Å². The van der Waals surface area contributed by atoms with Crippen LogP contribution in [0.4, 0.5) is 5.69 Å². The zero-order valence-corrected chi connectivity index (χ0v) is 16.6. The Balaban J connectivity index is 1.82. The molecule has 152 valence electrons. The molecule has 3 rings (SSSR count). The molecule has 0 spiro atoms. The molecule has 6 nitrogen and oxygen atoms in total. The molecule has 1 atom stereocenters. The van der Waals surface area contributed by atoms with Crippen molar-refractivity contribution in [1.29, 1.82) is 5.26 Å². The highest BCUT2D eigenvalue weighted by atomic mass is 16.5. The first-order valence-electron chi connectivity index (χ1n) is 10.1. The minimum Gasteiger partial charge on any atom is -0.494 e. The van der Waals surface area contributed by atoms with E-state index in [-0.39, 0.29) is 0 Å². The molecule has 1 fully saturated rings. The summed E-state index contributed by atoms with van der Waals surface area (Å²) in [5.74, 6) is -0.307. The molecule has 29 heavy (non-hydrogen) atoms. The van der Waals surface area contributed by atoms with Crippen LogP contribution in [0.3, 0.4) is 0 Å². The zero-order chi connectivity index (χ0) is 20.6. The molecule has 0 amide bonds. The van der Waals surface area contributed by atoms with Crippen molar-refractivity contribution in [2.75, 3.05) is 11.9 Å². The van der Waals surface area contributed by atoms with E-state index >= 15 is 0 Å². The second-order valence-electron chi connectivity index (χ2n) is 7.31. The number of anilines is 1. The van der Waals surface area contributed by atoms with E-state index in [2.05, 4.69) is 16.7 Å². The van der Waals surface area contributed by atoms with E-state index in [1.807, 2.05) is 19.1 Å². The molecule has 1 aliphatic carbocycles. The van der Waals surface area contributed by atoms with E-state index in [4.69, 9.17) is 10.00 Å². The summed E-state index contributed by atoms with van der Waals surface area (Å²) in [6.45, 7) is 3.11. The molecule has 6 heteroatoms. The summed E-state index contributed by atoms with van der Waals surface area (Å²) in [5.41, 5.74) is 2.81. The molecule has 0 heterocycles. The largest absolute Gasteiger partial charge is 0.494 e. The maximum absolute atomic E-state index is 12.0. The zero-order valence-electron chi connectivity index (χ0n) is 16.6. The first-order valence-corrected chi connectivity index (χ1v) is 10.1. The lowest BCUT2D eigenvalue weighted by Gasteiger charge is -2.19. The Morgan fingerprint density at radius 1 is 1.24 bits per heavy atom. The highest BCUT2D eigenvalue weighted by molar-refractivity contribution is 5.79. The minimum atomic E-state index is -0.974. The number of benzene rings is 2. The number of ether oxygens (including phenoxy) is 1. The van der Waals surface area contributed by atoms with Crippen molar-refractivity contribution in [1.82, 2.24) is 5.32 Å². The summed E-state index contributed by atoms with van der Waals surface area (Å²) < 4.78 is 5.68. The van der Waals surface area contributed by atoms with Crippen molar-refractivity contribution >= 4 is 11.7 Å². The molecule has 1 unspecified atom stereocenters. The third kappa shape index (κ3) is 5.72. The lowest BCUT2D eigenvalue weighted by atomic mass is 10.0. The SMILES string of the molecule is CCOc1cc(CNC2CCCC2)cc(C(Nc2ccc(C#N)cc2)C(=O)O)c1. The third-order valence-corrected chi connectivity index (χ3v) is 5.15. The van der Waals surface area contributed by atoms with E-state index in [1.165, 1.54) is 25.7 Å². The van der Waals surface area contributed by atoms with Gasteiger partial charge in [0.15, 0.2) is 6.04 Å². The van der Waals surface area contributed by atoms with Gasteiger partial charge in [0.2, 0.25) is 0 Å². The summed E-state index contributed by atoms with van der Waals surface area (Å²) in [4.78, 5) is 12.0. The highest BCUT2D eigenvalue weighted by Crippen LogP contribution is 2.27. The average Bonchev–Trinajstić information content (AvgIpc) is 3.24. The smallest absolute Gasteiger partial charge is 0.330 e. The van der Waals surface area contributed by atoms with Crippen LogP contribution >= 0.6 is 0 Å². The van der Waals surface area contributed by atoms with Gasteiger partial charge in [0.05, 0.1) is 18.2 Å². The van der Waals surface area contributed by atoms with E-state index < -0.39 is 12.0 Å². The van der Waals surface area contributed by atoms with Crippen LogP contribution in [0.25, 0.3) is 0 Å². The molecule has 0 bridgehead atoms. The van der Waals surface area contributed by atoms with Gasteiger partial charge in [-0.25, -0.2) is 4.79 Å². The number of hydrogen-bond donors (Lipinski definition) is 3. The average molecular weight is 393 g/mol. The van der Waals surface area contributed by atoms with Gasteiger partial charge in [-0.2, -0.15) is 5.26 Å². The number of carboxylic acids is 1. The van der Waals surface area contributed by atoms with Crippen molar-refractivity contribution in [2.45, 2.75) is 51.2 Å². The summed E-state index contributed by atoms with van der Waals surface area (Å²) >= 11 is 0. The molecule has 1 saturated carbocycles. The van der Waals surface area contributed by atoms with Crippen LogP contribution in [0, 0.1) is 11.3 Å². The fourth-order valence-electron chi connectivity index (χ4n) is 3.69. The van der Waals surface area contributed by atoms with Crippen LogP contribution in [-0.4, -0.2) is 23.7 Å². The summed E-state index contributed by atoms with van der Waals surface area (Å²) in [5, 5.41) is 25.4. The number of aliphatic carboxylic acids is 1. The Hall–Kier alpha value is -3.04. The molecular formula is C23H27N3O3. The molecule has 1 aliphatic rings. The Morgan fingerprint density at radius 3 is 2.59 bits per heavy atom. The van der Waals surface area contributed by atoms with Crippen LogP contribution < -0.4 is 15.4 Å². The van der Waals surface area contributed by atoms with Gasteiger partial charge in [-0.05, 0) is 67.3 Å². The summed E-state index contributed by atoms with van der Waals surface area (Å²) in [6.07, 6.45) is 4.90. The van der Waals surface area contributed by atoms with Gasteiger partial charge >= 0.3 is 5.97 Å². The maximum Gasteiger partial charge on any atom is 0.330 e. The maximum atomic E-state index is 12.0. The van der Waals surface area contributed by atoms with Crippen LogP contribution in [0.5, 0.6) is 5.75 Å². The summed E-state index contributed by atoms with van der Waals surface area (Å²) in [7, 11) is 0. The standard InChI is InChI=1S/C23H27N3O3/c1-2-29-21-12-17(15-25-19-5-3-4-6-19)11-18(13-21)22(23(27)28)26-20-9-7-16(14-24)8-10-20/h7-13,19,22,25-26H,2-6,15H2,1H3,(H,27,28). The normalized spacial score (nSPS) is 14.9. The second-order valence-corrected chi connectivity index (χ2v) is 7.31. The predicted molar refractivity (Wildman–Crippen MR) is 112 cm³/mol. The molecule has 3 N–H and O–H groups in total. The lowest BCUT2D eigenvalue weighted by Crippen LogP contribution is -2.26. The number of rotatable bonds is 9. The number of hydrogen-bond acceptors (Lipinski definition) is 5. The van der Waals surface area contributed by atoms with Crippen molar-refractivity contribution in [3.05, 3.63) is 59.2 Å². The van der Waals surface area contributed by atoms with Gasteiger partial charge in [-0.3, -0.25) is 0 Å². The number of nitriles is 1. The van der Waals surface area contributed by atoms with Gasteiger partial charge in [0, 0.05) is 18.3 Å². The van der Waals surface area contributed by atoms with E-state index in [0.717, 1.165) is 5.56 Å². The monoisotopic (exact) mass is 393 g/mol. The summed E-state index contributed by atoms with van der Waals surface area (Å²) in [6, 6.07) is 14.1. The number of carbonyl (C=O) groups is 1. The van der Waals surface area contributed by atoms with Crippen LogP contribution in [0.15, 0.2) is 42.5 Å². The number of nitrogens with one attached hydrogen (secondary N) is 2. The molecule has 2 aromatic rings. The molecule has 0 aliphatic heterocycles. The van der Waals surface area contributed by atoms with Crippen molar-refractivity contribution in [2.24, 2.45) is 0 Å². The van der Waals surface area contributed by atoms with E-state index in [0.29, 0.717) is 41.8 Å². The Labute approximate surface area is 171 Å². The van der Waals surface area contributed by atoms with Crippen LogP contribution in [0.1, 0.15) is 55.3 Å².